The quantitative estimate of drug-likeness (QED) is 0.320. The Morgan fingerprint density at radius 1 is 1.00 bits per heavy atom. The van der Waals surface area contributed by atoms with E-state index in [1.807, 2.05) is 30.3 Å². The van der Waals surface area contributed by atoms with Gasteiger partial charge >= 0.3 is 0 Å². The molecule has 3 aromatic carbocycles. The van der Waals surface area contributed by atoms with Gasteiger partial charge in [0.05, 0.1) is 13.6 Å². The summed E-state index contributed by atoms with van der Waals surface area (Å²) in [6.45, 7) is 0. The molecule has 0 fully saturated rings. The Morgan fingerprint density at radius 2 is 1.67 bits per heavy atom. The number of benzene rings is 3. The lowest BCUT2D eigenvalue weighted by Crippen LogP contribution is -2.00. The van der Waals surface area contributed by atoms with Crippen molar-refractivity contribution >= 4 is 59.2 Å². The van der Waals surface area contributed by atoms with Crippen LogP contribution in [0, 0.1) is 0 Å². The maximum atomic E-state index is 12.8. The van der Waals surface area contributed by atoms with Crippen molar-refractivity contribution in [2.45, 2.75) is 0 Å². The van der Waals surface area contributed by atoms with E-state index in [0.29, 0.717) is 30.8 Å². The van der Waals surface area contributed by atoms with Gasteiger partial charge in [-0.15, -0.1) is 11.3 Å². The fourth-order valence-electron chi connectivity index (χ4n) is 2.51. The molecule has 0 bridgehead atoms. The first-order valence-electron chi connectivity index (χ1n) is 7.88. The molecule has 0 radical (unpaired) electrons. The second kappa shape index (κ2) is 7.42. The van der Waals surface area contributed by atoms with Crippen LogP contribution in [0.3, 0.4) is 0 Å². The van der Waals surface area contributed by atoms with Crippen molar-refractivity contribution in [3.63, 3.8) is 0 Å². The third kappa shape index (κ3) is 3.63. The zero-order chi connectivity index (χ0) is 19.0. The van der Waals surface area contributed by atoms with Gasteiger partial charge in [0.2, 0.25) is 5.78 Å². The number of aromatic hydroxyl groups is 1. The molecule has 27 heavy (non-hydrogen) atoms. The normalized spacial score (nSPS) is 10.9. The van der Waals surface area contributed by atoms with E-state index in [-0.39, 0.29) is 11.5 Å². The third-order valence-corrected chi connectivity index (χ3v) is 6.20. The van der Waals surface area contributed by atoms with Crippen molar-refractivity contribution in [1.29, 1.82) is 0 Å². The van der Waals surface area contributed by atoms with E-state index >= 15 is 0 Å². The van der Waals surface area contributed by atoms with Gasteiger partial charge < -0.3 is 9.84 Å². The van der Waals surface area contributed by atoms with E-state index in [4.69, 9.17) is 4.74 Å². The van der Waals surface area contributed by atoms with Gasteiger partial charge in [0.1, 0.15) is 22.8 Å². The number of para-hydroxylation sites is 1. The van der Waals surface area contributed by atoms with Crippen molar-refractivity contribution in [3.8, 4) is 17.2 Å². The zero-order valence-electron chi connectivity index (χ0n) is 13.6. The van der Waals surface area contributed by atoms with Crippen molar-refractivity contribution in [1.82, 2.24) is 4.98 Å². The molecule has 4 nitrogen and oxygen atoms in total. The topological polar surface area (TPSA) is 59.4 Å². The molecule has 0 atom stereocenters. The molecule has 4 aromatic rings. The van der Waals surface area contributed by atoms with E-state index in [9.17, 15) is 9.90 Å². The van der Waals surface area contributed by atoms with E-state index in [1.54, 1.807) is 30.3 Å². The highest BCUT2D eigenvalue weighted by Gasteiger charge is 2.19. The highest BCUT2D eigenvalue weighted by atomic mass is 79.9. The van der Waals surface area contributed by atoms with E-state index in [2.05, 4.69) is 36.8 Å². The number of phenolic OH excluding ortho intramolecular Hbond substituents is 1. The fraction of sp³-hybridized carbons (Fsp3) is 0. The number of hydrogen-bond donors (Lipinski definition) is 1. The van der Waals surface area contributed by atoms with Gasteiger partial charge in [-0.2, -0.15) is 0 Å². The molecule has 0 aliphatic heterocycles. The number of nitrogens with zero attached hydrogens (tertiary/aromatic N) is 1. The molecule has 0 amide bonds. The van der Waals surface area contributed by atoms with Crippen LogP contribution < -0.4 is 4.74 Å². The predicted molar refractivity (Wildman–Crippen MR) is 113 cm³/mol. The SMILES string of the molecule is O=C(c1ccc(Oc2ccccc2)cc1)c1nc2c(Br)c(O)c(Br)cc2s1. The Hall–Kier alpha value is -2.22. The molecular formula is C20H11Br2NO3S. The molecule has 7 heteroatoms. The number of halogens is 2. The summed E-state index contributed by atoms with van der Waals surface area (Å²) in [5.74, 6) is 1.27. The zero-order valence-corrected chi connectivity index (χ0v) is 17.6. The van der Waals surface area contributed by atoms with E-state index in [0.717, 1.165) is 10.4 Å². The van der Waals surface area contributed by atoms with Crippen LogP contribution in [0.5, 0.6) is 17.2 Å². The van der Waals surface area contributed by atoms with E-state index in [1.165, 1.54) is 11.3 Å². The molecular weight excluding hydrogens is 494 g/mol. The molecule has 134 valence electrons. The molecule has 0 saturated carbocycles. The summed E-state index contributed by atoms with van der Waals surface area (Å²) in [7, 11) is 0. The maximum Gasteiger partial charge on any atom is 0.221 e. The Bertz CT molecular complexity index is 1140. The summed E-state index contributed by atoms with van der Waals surface area (Å²) in [4.78, 5) is 17.2. The predicted octanol–water partition coefficient (Wildman–Crippen LogP) is 6.55. The van der Waals surface area contributed by atoms with Crippen LogP contribution in [0.4, 0.5) is 0 Å². The van der Waals surface area contributed by atoms with Gasteiger partial charge in [-0.3, -0.25) is 4.79 Å². The molecule has 1 aromatic heterocycles. The van der Waals surface area contributed by atoms with Gasteiger partial charge in [-0.1, -0.05) is 18.2 Å². The molecule has 0 spiro atoms. The smallest absolute Gasteiger partial charge is 0.221 e. The number of ketones is 1. The average molecular weight is 505 g/mol. The lowest BCUT2D eigenvalue weighted by Gasteiger charge is -2.05. The molecule has 0 saturated heterocycles. The molecule has 0 unspecified atom stereocenters. The number of rotatable bonds is 4. The van der Waals surface area contributed by atoms with E-state index < -0.39 is 0 Å². The lowest BCUT2D eigenvalue weighted by atomic mass is 10.1. The summed E-state index contributed by atoms with van der Waals surface area (Å²) in [5, 5.41) is 10.4. The Kier molecular flexibility index (Phi) is 4.99. The Labute approximate surface area is 175 Å². The highest BCUT2D eigenvalue weighted by molar-refractivity contribution is 9.11. The van der Waals surface area contributed by atoms with Crippen LogP contribution in [-0.4, -0.2) is 15.9 Å². The first-order chi connectivity index (χ1) is 13.0. The number of phenols is 1. The number of carbonyl (C=O) groups is 1. The largest absolute Gasteiger partial charge is 0.505 e. The number of ether oxygens (including phenoxy) is 1. The number of carbonyl (C=O) groups excluding carboxylic acids is 1. The monoisotopic (exact) mass is 503 g/mol. The van der Waals surface area contributed by atoms with Crippen molar-refractivity contribution in [2.75, 3.05) is 0 Å². The Balaban J connectivity index is 1.61. The summed E-state index contributed by atoms with van der Waals surface area (Å²) >= 11 is 7.90. The van der Waals surface area contributed by atoms with Crippen LogP contribution >= 0.6 is 43.2 Å². The minimum Gasteiger partial charge on any atom is -0.505 e. The van der Waals surface area contributed by atoms with Crippen molar-refractivity contribution in [2.24, 2.45) is 0 Å². The summed E-state index contributed by atoms with van der Waals surface area (Å²) in [5.41, 5.74) is 1.09. The lowest BCUT2D eigenvalue weighted by molar-refractivity contribution is 0.103. The molecule has 1 heterocycles. The van der Waals surface area contributed by atoms with Gasteiger partial charge in [0.25, 0.3) is 0 Å². The van der Waals surface area contributed by atoms with Crippen molar-refractivity contribution in [3.05, 3.63) is 80.2 Å². The number of thiazole rings is 1. The Morgan fingerprint density at radius 3 is 2.37 bits per heavy atom. The van der Waals surface area contributed by atoms with Gasteiger partial charge in [0, 0.05) is 5.56 Å². The highest BCUT2D eigenvalue weighted by Crippen LogP contribution is 2.40. The first-order valence-corrected chi connectivity index (χ1v) is 10.3. The summed E-state index contributed by atoms with van der Waals surface area (Å²) in [6.07, 6.45) is 0. The summed E-state index contributed by atoms with van der Waals surface area (Å²) in [6, 6.07) is 18.1. The molecule has 0 aliphatic carbocycles. The second-order valence-electron chi connectivity index (χ2n) is 5.66. The van der Waals surface area contributed by atoms with Crippen LogP contribution in [0.25, 0.3) is 10.2 Å². The van der Waals surface area contributed by atoms with Crippen LogP contribution in [0.1, 0.15) is 15.4 Å². The number of aromatic nitrogens is 1. The third-order valence-electron chi connectivity index (χ3n) is 3.84. The molecule has 0 aliphatic rings. The maximum absolute atomic E-state index is 12.8. The molecule has 4 rings (SSSR count). The molecule has 1 N–H and O–H groups in total. The second-order valence-corrected chi connectivity index (χ2v) is 8.33. The first kappa shape index (κ1) is 18.2. The average Bonchev–Trinajstić information content (AvgIpc) is 3.11. The standard InChI is InChI=1S/C20H11Br2NO3S/c21-14-10-15-17(16(22)19(14)25)23-20(27-15)18(24)11-6-8-13(9-7-11)26-12-4-2-1-3-5-12/h1-10,25H. The van der Waals surface area contributed by atoms with Crippen LogP contribution in [-0.2, 0) is 0 Å². The van der Waals surface area contributed by atoms with Crippen LogP contribution in [0.2, 0.25) is 0 Å². The van der Waals surface area contributed by atoms with Gasteiger partial charge in [0.15, 0.2) is 5.01 Å². The van der Waals surface area contributed by atoms with Gasteiger partial charge in [-0.05, 0) is 74.3 Å². The minimum absolute atomic E-state index is 0.0641. The number of fused-ring (bicyclic) bond motifs is 1. The van der Waals surface area contributed by atoms with Crippen molar-refractivity contribution < 1.29 is 14.6 Å². The fourth-order valence-corrected chi connectivity index (χ4v) is 4.98. The van der Waals surface area contributed by atoms with Crippen LogP contribution in [0.15, 0.2) is 69.6 Å². The van der Waals surface area contributed by atoms with Gasteiger partial charge in [-0.25, -0.2) is 4.98 Å². The minimum atomic E-state index is -0.176. The summed E-state index contributed by atoms with van der Waals surface area (Å²) < 4.78 is 7.56. The number of hydrogen-bond acceptors (Lipinski definition) is 5.